The smallest absolute Gasteiger partial charge is 0.270 e. The molecule has 0 amide bonds. The molecule has 0 fully saturated rings. The molecular formula is C17H16FN3O3. The van der Waals surface area contributed by atoms with Gasteiger partial charge in [-0.05, 0) is 44.2 Å². The van der Waals surface area contributed by atoms with Crippen LogP contribution in [0.1, 0.15) is 19.7 Å². The van der Waals surface area contributed by atoms with E-state index < -0.39 is 5.60 Å². The van der Waals surface area contributed by atoms with Crippen molar-refractivity contribution in [2.45, 2.75) is 19.4 Å². The van der Waals surface area contributed by atoms with E-state index >= 15 is 0 Å². The third-order valence-electron chi connectivity index (χ3n) is 3.33. The summed E-state index contributed by atoms with van der Waals surface area (Å²) >= 11 is 0. The summed E-state index contributed by atoms with van der Waals surface area (Å²) in [6, 6.07) is 9.24. The fraction of sp³-hybridized carbons (Fsp3) is 0.235. The maximum atomic E-state index is 13.0. The van der Waals surface area contributed by atoms with Crippen LogP contribution >= 0.6 is 0 Å². The molecule has 0 bridgehead atoms. The number of benzene rings is 1. The first kappa shape index (κ1) is 15.9. The van der Waals surface area contributed by atoms with Gasteiger partial charge in [0.2, 0.25) is 11.7 Å². The summed E-state index contributed by atoms with van der Waals surface area (Å²) in [6.07, 6.45) is 1.60. The molecule has 3 aromatic rings. The molecule has 3 rings (SSSR count). The van der Waals surface area contributed by atoms with Gasteiger partial charge in [0.25, 0.3) is 5.89 Å². The number of pyridine rings is 1. The van der Waals surface area contributed by atoms with E-state index in [4.69, 9.17) is 14.0 Å². The van der Waals surface area contributed by atoms with E-state index in [1.165, 1.54) is 12.1 Å². The summed E-state index contributed by atoms with van der Waals surface area (Å²) in [7, 11) is 1.55. The predicted molar refractivity (Wildman–Crippen MR) is 84.1 cm³/mol. The molecule has 1 aromatic carbocycles. The molecule has 0 N–H and O–H groups in total. The van der Waals surface area contributed by atoms with Crippen LogP contribution in [0.2, 0.25) is 0 Å². The molecular weight excluding hydrogens is 313 g/mol. The second-order valence-corrected chi connectivity index (χ2v) is 5.58. The van der Waals surface area contributed by atoms with Crippen LogP contribution in [0.15, 0.2) is 47.1 Å². The molecule has 0 spiro atoms. The van der Waals surface area contributed by atoms with Crippen molar-refractivity contribution in [3.8, 4) is 23.0 Å². The highest BCUT2D eigenvalue weighted by molar-refractivity contribution is 5.53. The molecule has 0 saturated carbocycles. The molecule has 0 unspecified atom stereocenters. The number of hydrogen-bond donors (Lipinski definition) is 0. The zero-order valence-corrected chi connectivity index (χ0v) is 13.5. The lowest BCUT2D eigenvalue weighted by Crippen LogP contribution is -2.25. The molecule has 0 radical (unpaired) electrons. The molecule has 6 nitrogen and oxygen atoms in total. The Labute approximate surface area is 138 Å². The van der Waals surface area contributed by atoms with Crippen molar-refractivity contribution in [2.75, 3.05) is 7.11 Å². The molecule has 124 valence electrons. The van der Waals surface area contributed by atoms with Crippen LogP contribution in [0, 0.1) is 5.82 Å². The van der Waals surface area contributed by atoms with Gasteiger partial charge >= 0.3 is 0 Å². The maximum Gasteiger partial charge on any atom is 0.270 e. The SMILES string of the molecule is COc1ccc(-c2noc(C(C)(C)Oc3ccc(F)cc3)n2)cn1. The van der Waals surface area contributed by atoms with Crippen molar-refractivity contribution in [3.63, 3.8) is 0 Å². The second-order valence-electron chi connectivity index (χ2n) is 5.58. The van der Waals surface area contributed by atoms with Gasteiger partial charge in [-0.3, -0.25) is 0 Å². The molecule has 0 atom stereocenters. The van der Waals surface area contributed by atoms with Crippen LogP contribution in [0.4, 0.5) is 4.39 Å². The van der Waals surface area contributed by atoms with Gasteiger partial charge in [0.15, 0.2) is 5.60 Å². The summed E-state index contributed by atoms with van der Waals surface area (Å²) in [5.74, 6) is 1.38. The van der Waals surface area contributed by atoms with E-state index in [9.17, 15) is 4.39 Å². The highest BCUT2D eigenvalue weighted by atomic mass is 19.1. The van der Waals surface area contributed by atoms with Crippen LogP contribution in [0.3, 0.4) is 0 Å². The first-order valence-corrected chi connectivity index (χ1v) is 7.27. The van der Waals surface area contributed by atoms with Gasteiger partial charge in [-0.15, -0.1) is 0 Å². The van der Waals surface area contributed by atoms with Crippen LogP contribution < -0.4 is 9.47 Å². The van der Waals surface area contributed by atoms with Crippen molar-refractivity contribution in [1.29, 1.82) is 0 Å². The van der Waals surface area contributed by atoms with E-state index in [0.29, 0.717) is 28.9 Å². The lowest BCUT2D eigenvalue weighted by atomic mass is 10.1. The van der Waals surface area contributed by atoms with Crippen molar-refractivity contribution in [1.82, 2.24) is 15.1 Å². The Hall–Kier alpha value is -2.96. The summed E-state index contributed by atoms with van der Waals surface area (Å²) in [6.45, 7) is 3.58. The van der Waals surface area contributed by atoms with Gasteiger partial charge in [-0.1, -0.05) is 5.16 Å². The fourth-order valence-corrected chi connectivity index (χ4v) is 2.06. The van der Waals surface area contributed by atoms with E-state index in [1.807, 2.05) is 0 Å². The molecule has 0 saturated heterocycles. The Kier molecular flexibility index (Phi) is 4.16. The van der Waals surface area contributed by atoms with Crippen LogP contribution in [-0.2, 0) is 5.60 Å². The number of aromatic nitrogens is 3. The Morgan fingerprint density at radius 1 is 1.08 bits per heavy atom. The van der Waals surface area contributed by atoms with Crippen LogP contribution in [-0.4, -0.2) is 22.2 Å². The van der Waals surface area contributed by atoms with Gasteiger partial charge in [0.05, 0.1) is 7.11 Å². The highest BCUT2D eigenvalue weighted by Crippen LogP contribution is 2.28. The quantitative estimate of drug-likeness (QED) is 0.712. The summed E-state index contributed by atoms with van der Waals surface area (Å²) in [4.78, 5) is 8.47. The Morgan fingerprint density at radius 3 is 2.46 bits per heavy atom. The number of rotatable bonds is 5. The number of hydrogen-bond acceptors (Lipinski definition) is 6. The predicted octanol–water partition coefficient (Wildman–Crippen LogP) is 3.59. The third kappa shape index (κ3) is 3.34. The van der Waals surface area contributed by atoms with Gasteiger partial charge < -0.3 is 14.0 Å². The fourth-order valence-electron chi connectivity index (χ4n) is 2.06. The average Bonchev–Trinajstić information content (AvgIpc) is 3.08. The van der Waals surface area contributed by atoms with Crippen molar-refractivity contribution >= 4 is 0 Å². The van der Waals surface area contributed by atoms with Gasteiger partial charge in [-0.2, -0.15) is 4.98 Å². The van der Waals surface area contributed by atoms with Crippen LogP contribution in [0.5, 0.6) is 11.6 Å². The molecule has 0 aliphatic rings. The average molecular weight is 329 g/mol. The number of nitrogens with zero attached hydrogens (tertiary/aromatic N) is 3. The van der Waals surface area contributed by atoms with E-state index in [1.54, 1.807) is 51.4 Å². The molecule has 0 aliphatic carbocycles. The topological polar surface area (TPSA) is 70.3 Å². The Bertz CT molecular complexity index is 814. The summed E-state index contributed by atoms with van der Waals surface area (Å²) in [5, 5.41) is 3.96. The monoisotopic (exact) mass is 329 g/mol. The molecule has 2 heterocycles. The highest BCUT2D eigenvalue weighted by Gasteiger charge is 2.30. The normalized spacial score (nSPS) is 11.3. The number of ether oxygens (including phenoxy) is 2. The second kappa shape index (κ2) is 6.27. The van der Waals surface area contributed by atoms with E-state index in [0.717, 1.165) is 0 Å². The molecule has 2 aromatic heterocycles. The number of methoxy groups -OCH3 is 1. The Morgan fingerprint density at radius 2 is 1.83 bits per heavy atom. The maximum absolute atomic E-state index is 13.0. The van der Waals surface area contributed by atoms with E-state index in [-0.39, 0.29) is 5.82 Å². The third-order valence-corrected chi connectivity index (χ3v) is 3.33. The zero-order chi connectivity index (χ0) is 17.2. The Balaban J connectivity index is 1.81. The minimum Gasteiger partial charge on any atom is -0.481 e. The molecule has 0 aliphatic heterocycles. The largest absolute Gasteiger partial charge is 0.481 e. The lowest BCUT2D eigenvalue weighted by molar-refractivity contribution is 0.0691. The zero-order valence-electron chi connectivity index (χ0n) is 13.5. The lowest BCUT2D eigenvalue weighted by Gasteiger charge is -2.22. The molecule has 24 heavy (non-hydrogen) atoms. The van der Waals surface area contributed by atoms with E-state index in [2.05, 4.69) is 15.1 Å². The summed E-state index contributed by atoms with van der Waals surface area (Å²) in [5.41, 5.74) is -0.174. The first-order chi connectivity index (χ1) is 11.5. The van der Waals surface area contributed by atoms with Gasteiger partial charge in [-0.25, -0.2) is 9.37 Å². The van der Waals surface area contributed by atoms with Gasteiger partial charge in [0.1, 0.15) is 11.6 Å². The minimum atomic E-state index is -0.872. The van der Waals surface area contributed by atoms with Crippen molar-refractivity contribution in [3.05, 3.63) is 54.3 Å². The van der Waals surface area contributed by atoms with Crippen LogP contribution in [0.25, 0.3) is 11.4 Å². The van der Waals surface area contributed by atoms with Gasteiger partial charge in [0, 0.05) is 17.8 Å². The number of halogens is 1. The molecule has 7 heteroatoms. The standard InChI is InChI=1S/C17H16FN3O3/c1-17(2,23-13-7-5-12(18)6-8-13)16-20-15(21-24-16)11-4-9-14(22-3)19-10-11/h4-10H,1-3H3. The van der Waals surface area contributed by atoms with Crippen molar-refractivity contribution < 1.29 is 18.4 Å². The first-order valence-electron chi connectivity index (χ1n) is 7.27. The van der Waals surface area contributed by atoms with Crippen molar-refractivity contribution in [2.24, 2.45) is 0 Å². The minimum absolute atomic E-state index is 0.303. The summed E-state index contributed by atoms with van der Waals surface area (Å²) < 4.78 is 29.1.